The van der Waals surface area contributed by atoms with Gasteiger partial charge in [-0.1, -0.05) is 0 Å². The van der Waals surface area contributed by atoms with Crippen LogP contribution in [0.3, 0.4) is 0 Å². The molecule has 0 spiro atoms. The first-order valence-electron chi connectivity index (χ1n) is 4.49. The van der Waals surface area contributed by atoms with Crippen molar-refractivity contribution in [1.82, 2.24) is 15.0 Å². The number of hydrogen-bond acceptors (Lipinski definition) is 5. The molecule has 0 saturated carbocycles. The van der Waals surface area contributed by atoms with Crippen LogP contribution in [0, 0.1) is 0 Å². The molecule has 76 valence electrons. The molecule has 0 aliphatic heterocycles. The number of pyridine rings is 1. The molecule has 0 aliphatic rings. The van der Waals surface area contributed by atoms with Crippen LogP contribution in [0.5, 0.6) is 0 Å². The van der Waals surface area contributed by atoms with Crippen LogP contribution >= 0.6 is 11.8 Å². The maximum atomic E-state index is 5.59. The molecule has 0 aromatic carbocycles. The van der Waals surface area contributed by atoms with Gasteiger partial charge in [-0.05, 0) is 30.0 Å². The number of nitrogens with zero attached hydrogens (tertiary/aromatic N) is 3. The second-order valence-corrected chi connectivity index (χ2v) is 3.79. The average Bonchev–Trinajstić information content (AvgIpc) is 2.31. The lowest BCUT2D eigenvalue weighted by Gasteiger charge is -2.03. The Morgan fingerprint density at radius 1 is 1.07 bits per heavy atom. The third-order valence-corrected chi connectivity index (χ3v) is 2.77. The van der Waals surface area contributed by atoms with E-state index in [1.54, 1.807) is 24.7 Å². The minimum absolute atomic E-state index is 0.427. The fraction of sp³-hybridized carbons (Fsp3) is 0.100. The van der Waals surface area contributed by atoms with Gasteiger partial charge in [-0.3, -0.25) is 4.98 Å². The van der Waals surface area contributed by atoms with Gasteiger partial charge in [0.15, 0.2) is 5.16 Å². The van der Waals surface area contributed by atoms with Gasteiger partial charge in [0.05, 0.1) is 5.69 Å². The fourth-order valence-corrected chi connectivity index (χ4v) is 1.93. The van der Waals surface area contributed by atoms with Crippen LogP contribution in [0.1, 0.15) is 5.69 Å². The Kier molecular flexibility index (Phi) is 3.26. The Bertz CT molecular complexity index is 432. The molecule has 2 N–H and O–H groups in total. The quantitative estimate of drug-likeness (QED) is 0.790. The maximum absolute atomic E-state index is 5.59. The highest BCUT2D eigenvalue weighted by Gasteiger charge is 2.04. The summed E-state index contributed by atoms with van der Waals surface area (Å²) >= 11 is 1.47. The lowest BCUT2D eigenvalue weighted by atomic mass is 10.3. The lowest BCUT2D eigenvalue weighted by molar-refractivity contribution is 0.930. The van der Waals surface area contributed by atoms with E-state index >= 15 is 0 Å². The largest absolute Gasteiger partial charge is 0.325 e. The van der Waals surface area contributed by atoms with E-state index in [1.807, 2.05) is 12.1 Å². The Labute approximate surface area is 92.0 Å². The smallest absolute Gasteiger partial charge is 0.192 e. The Hall–Kier alpha value is -1.46. The molecule has 0 fully saturated rings. The third-order valence-electron chi connectivity index (χ3n) is 1.79. The van der Waals surface area contributed by atoms with Crippen LogP contribution in [0.15, 0.2) is 46.8 Å². The van der Waals surface area contributed by atoms with Crippen molar-refractivity contribution in [3.05, 3.63) is 42.5 Å². The van der Waals surface area contributed by atoms with E-state index in [-0.39, 0.29) is 0 Å². The van der Waals surface area contributed by atoms with E-state index in [9.17, 15) is 0 Å². The van der Waals surface area contributed by atoms with Crippen molar-refractivity contribution in [2.75, 3.05) is 0 Å². The second kappa shape index (κ2) is 4.86. The molecule has 4 nitrogen and oxygen atoms in total. The minimum atomic E-state index is 0.427. The lowest BCUT2D eigenvalue weighted by Crippen LogP contribution is -2.01. The van der Waals surface area contributed by atoms with E-state index in [2.05, 4.69) is 15.0 Å². The number of rotatable bonds is 3. The average molecular weight is 218 g/mol. The fourth-order valence-electron chi connectivity index (χ4n) is 1.11. The van der Waals surface area contributed by atoms with Gasteiger partial charge in [0, 0.05) is 30.0 Å². The predicted octanol–water partition coefficient (Wildman–Crippen LogP) is 1.48. The molecule has 0 atom stereocenters. The van der Waals surface area contributed by atoms with Crippen LogP contribution in [0.25, 0.3) is 0 Å². The molecule has 0 saturated heterocycles. The summed E-state index contributed by atoms with van der Waals surface area (Å²) in [5.74, 6) is 0. The summed E-state index contributed by atoms with van der Waals surface area (Å²) in [6.45, 7) is 0.427. The predicted molar refractivity (Wildman–Crippen MR) is 58.3 cm³/mol. The van der Waals surface area contributed by atoms with Gasteiger partial charge in [0.1, 0.15) is 0 Å². The molecule has 2 rings (SSSR count). The van der Waals surface area contributed by atoms with Crippen molar-refractivity contribution in [2.24, 2.45) is 5.73 Å². The van der Waals surface area contributed by atoms with Crippen LogP contribution in [0.4, 0.5) is 0 Å². The molecule has 15 heavy (non-hydrogen) atoms. The summed E-state index contributed by atoms with van der Waals surface area (Å²) in [4.78, 5) is 13.5. The summed E-state index contributed by atoms with van der Waals surface area (Å²) in [5, 5.41) is 0.709. The first-order valence-corrected chi connectivity index (χ1v) is 5.30. The Morgan fingerprint density at radius 3 is 2.53 bits per heavy atom. The van der Waals surface area contributed by atoms with Gasteiger partial charge >= 0.3 is 0 Å². The molecular weight excluding hydrogens is 208 g/mol. The van der Waals surface area contributed by atoms with Crippen LogP contribution in [-0.2, 0) is 6.54 Å². The highest BCUT2D eigenvalue weighted by molar-refractivity contribution is 7.99. The van der Waals surface area contributed by atoms with E-state index in [0.717, 1.165) is 10.6 Å². The summed E-state index contributed by atoms with van der Waals surface area (Å²) < 4.78 is 0. The molecule has 2 aromatic heterocycles. The summed E-state index contributed by atoms with van der Waals surface area (Å²) in [7, 11) is 0. The van der Waals surface area contributed by atoms with E-state index in [1.165, 1.54) is 11.8 Å². The van der Waals surface area contributed by atoms with Gasteiger partial charge in [-0.25, -0.2) is 9.97 Å². The zero-order valence-electron chi connectivity index (χ0n) is 8.00. The minimum Gasteiger partial charge on any atom is -0.325 e. The molecule has 0 aliphatic carbocycles. The summed E-state index contributed by atoms with van der Waals surface area (Å²) in [5.41, 5.74) is 6.46. The zero-order chi connectivity index (χ0) is 10.5. The number of nitrogens with two attached hydrogens (primary N) is 1. The molecule has 0 radical (unpaired) electrons. The van der Waals surface area contributed by atoms with Crippen molar-refractivity contribution < 1.29 is 0 Å². The molecule has 0 bridgehead atoms. The van der Waals surface area contributed by atoms with Crippen LogP contribution in [-0.4, -0.2) is 15.0 Å². The topological polar surface area (TPSA) is 64.7 Å². The van der Waals surface area contributed by atoms with Crippen LogP contribution in [0.2, 0.25) is 0 Å². The molecule has 2 aromatic rings. The van der Waals surface area contributed by atoms with E-state index in [4.69, 9.17) is 5.73 Å². The highest BCUT2D eigenvalue weighted by Crippen LogP contribution is 2.25. The molecule has 2 heterocycles. The van der Waals surface area contributed by atoms with Crippen LogP contribution < -0.4 is 5.73 Å². The van der Waals surface area contributed by atoms with Crippen molar-refractivity contribution >= 4 is 11.8 Å². The van der Waals surface area contributed by atoms with E-state index in [0.29, 0.717) is 11.7 Å². The highest BCUT2D eigenvalue weighted by atomic mass is 32.2. The van der Waals surface area contributed by atoms with Crippen molar-refractivity contribution in [2.45, 2.75) is 16.6 Å². The van der Waals surface area contributed by atoms with Crippen molar-refractivity contribution in [3.63, 3.8) is 0 Å². The molecular formula is C10H10N4S. The third kappa shape index (κ3) is 2.51. The zero-order valence-corrected chi connectivity index (χ0v) is 8.81. The first-order chi connectivity index (χ1) is 7.40. The summed E-state index contributed by atoms with van der Waals surface area (Å²) in [6, 6.07) is 5.64. The summed E-state index contributed by atoms with van der Waals surface area (Å²) in [6.07, 6.45) is 5.17. The second-order valence-electron chi connectivity index (χ2n) is 2.79. The van der Waals surface area contributed by atoms with Gasteiger partial charge in [-0.2, -0.15) is 0 Å². The molecule has 0 unspecified atom stereocenters. The number of aromatic nitrogens is 3. The van der Waals surface area contributed by atoms with Gasteiger partial charge in [-0.15, -0.1) is 0 Å². The van der Waals surface area contributed by atoms with Gasteiger partial charge < -0.3 is 5.73 Å². The Balaban J connectivity index is 2.24. The van der Waals surface area contributed by atoms with E-state index < -0.39 is 0 Å². The maximum Gasteiger partial charge on any atom is 0.192 e. The van der Waals surface area contributed by atoms with Gasteiger partial charge in [0.2, 0.25) is 0 Å². The SMILES string of the molecule is NCc1ncccc1Sc1ncccn1. The van der Waals surface area contributed by atoms with Gasteiger partial charge in [0.25, 0.3) is 0 Å². The van der Waals surface area contributed by atoms with Crippen molar-refractivity contribution in [3.8, 4) is 0 Å². The first kappa shape index (κ1) is 10.1. The normalized spacial score (nSPS) is 10.2. The number of hydrogen-bond donors (Lipinski definition) is 1. The molecule has 5 heteroatoms. The standard InChI is InChI=1S/C10H10N4S/c11-7-8-9(3-1-4-12-8)15-10-13-5-2-6-14-10/h1-6H,7,11H2. The molecule has 0 amide bonds. The monoisotopic (exact) mass is 218 g/mol. The Morgan fingerprint density at radius 2 is 1.80 bits per heavy atom. The van der Waals surface area contributed by atoms with Crippen molar-refractivity contribution in [1.29, 1.82) is 0 Å².